The van der Waals surface area contributed by atoms with Crippen molar-refractivity contribution >= 4 is 5.91 Å². The molecule has 0 aromatic heterocycles. The van der Waals surface area contributed by atoms with Crippen LogP contribution in [-0.2, 0) is 4.79 Å². The number of nitrogens with zero attached hydrogens (tertiary/aromatic N) is 2. The van der Waals surface area contributed by atoms with Gasteiger partial charge in [0.05, 0.1) is 12.1 Å². The summed E-state index contributed by atoms with van der Waals surface area (Å²) in [5, 5.41) is 9.91. The van der Waals surface area contributed by atoms with Crippen molar-refractivity contribution in [3.05, 3.63) is 0 Å². The van der Waals surface area contributed by atoms with E-state index in [0.717, 1.165) is 25.8 Å². The molecule has 1 aliphatic heterocycles. The van der Waals surface area contributed by atoms with Crippen LogP contribution < -0.4 is 0 Å². The predicted octanol–water partition coefficient (Wildman–Crippen LogP) is 0.698. The van der Waals surface area contributed by atoms with Gasteiger partial charge in [0.25, 0.3) is 0 Å². The highest BCUT2D eigenvalue weighted by Gasteiger charge is 2.38. The molecule has 0 spiro atoms. The van der Waals surface area contributed by atoms with Gasteiger partial charge in [0, 0.05) is 19.1 Å². The van der Waals surface area contributed by atoms with Crippen LogP contribution in [0.15, 0.2) is 0 Å². The molecule has 2 rings (SSSR count). The minimum Gasteiger partial charge on any atom is -0.392 e. The number of likely N-dealkylation sites (tertiary alicyclic amines) is 1. The summed E-state index contributed by atoms with van der Waals surface area (Å²) in [4.78, 5) is 16.1. The molecule has 1 heterocycles. The third-order valence-corrected chi connectivity index (χ3v) is 4.01. The number of aliphatic hydroxyl groups is 1. The second-order valence-corrected chi connectivity index (χ2v) is 5.77. The Morgan fingerprint density at radius 3 is 2.53 bits per heavy atom. The first-order chi connectivity index (χ1) is 8.00. The molecule has 0 aromatic rings. The summed E-state index contributed by atoms with van der Waals surface area (Å²) in [5.41, 5.74) is 0. The fourth-order valence-electron chi connectivity index (χ4n) is 2.66. The Kier molecular flexibility index (Phi) is 3.73. The van der Waals surface area contributed by atoms with Crippen LogP contribution in [0.2, 0.25) is 0 Å². The third-order valence-electron chi connectivity index (χ3n) is 4.01. The van der Waals surface area contributed by atoms with Crippen molar-refractivity contribution in [2.45, 2.75) is 51.3 Å². The quantitative estimate of drug-likeness (QED) is 0.769. The molecule has 1 aliphatic carbocycles. The van der Waals surface area contributed by atoms with Crippen molar-refractivity contribution in [2.24, 2.45) is 5.92 Å². The van der Waals surface area contributed by atoms with Crippen LogP contribution >= 0.6 is 0 Å². The molecule has 4 nitrogen and oxygen atoms in total. The van der Waals surface area contributed by atoms with E-state index in [1.807, 2.05) is 16.8 Å². The smallest absolute Gasteiger partial charge is 0.240 e. The summed E-state index contributed by atoms with van der Waals surface area (Å²) in [6.45, 7) is 5.59. The van der Waals surface area contributed by atoms with E-state index in [-0.39, 0.29) is 24.1 Å². The summed E-state index contributed by atoms with van der Waals surface area (Å²) in [7, 11) is 1.96. The zero-order valence-electron chi connectivity index (χ0n) is 11.1. The molecule has 2 unspecified atom stereocenters. The van der Waals surface area contributed by atoms with Gasteiger partial charge in [0.2, 0.25) is 5.91 Å². The number of aliphatic hydroxyl groups excluding tert-OH is 1. The molecule has 1 saturated carbocycles. The normalized spacial score (nSPS) is 27.3. The summed E-state index contributed by atoms with van der Waals surface area (Å²) in [5.74, 6) is 0.709. The van der Waals surface area contributed by atoms with Crippen molar-refractivity contribution in [2.75, 3.05) is 20.1 Å². The zero-order valence-corrected chi connectivity index (χ0v) is 11.1. The lowest BCUT2D eigenvalue weighted by Gasteiger charge is -2.27. The van der Waals surface area contributed by atoms with Gasteiger partial charge in [0.15, 0.2) is 0 Å². The predicted molar refractivity (Wildman–Crippen MR) is 66.6 cm³/mol. The minimum absolute atomic E-state index is 0.0224. The van der Waals surface area contributed by atoms with Gasteiger partial charge in [-0.3, -0.25) is 9.69 Å². The largest absolute Gasteiger partial charge is 0.392 e. The summed E-state index contributed by atoms with van der Waals surface area (Å²) in [6.07, 6.45) is 2.93. The van der Waals surface area contributed by atoms with Crippen molar-refractivity contribution in [1.82, 2.24) is 9.80 Å². The van der Waals surface area contributed by atoms with Crippen LogP contribution in [0.25, 0.3) is 0 Å². The Labute approximate surface area is 104 Å². The molecule has 4 heteroatoms. The molecule has 2 aliphatic rings. The Morgan fingerprint density at radius 1 is 1.41 bits per heavy atom. The van der Waals surface area contributed by atoms with Crippen LogP contribution in [-0.4, -0.2) is 59.1 Å². The topological polar surface area (TPSA) is 43.8 Å². The first kappa shape index (κ1) is 12.8. The maximum Gasteiger partial charge on any atom is 0.240 e. The number of rotatable bonds is 5. The first-order valence-electron chi connectivity index (χ1n) is 6.69. The first-order valence-corrected chi connectivity index (χ1v) is 6.69. The lowest BCUT2D eigenvalue weighted by Crippen LogP contribution is -2.44. The van der Waals surface area contributed by atoms with Crippen LogP contribution in [0, 0.1) is 5.92 Å². The maximum atomic E-state index is 12.2. The molecule has 0 radical (unpaired) electrons. The summed E-state index contributed by atoms with van der Waals surface area (Å²) < 4.78 is 0. The van der Waals surface area contributed by atoms with Gasteiger partial charge in [-0.1, -0.05) is 0 Å². The van der Waals surface area contributed by atoms with E-state index < -0.39 is 0 Å². The highest BCUT2D eigenvalue weighted by atomic mass is 16.3. The number of carbonyl (C=O) groups is 1. The Morgan fingerprint density at radius 2 is 2.06 bits per heavy atom. The second kappa shape index (κ2) is 4.94. The van der Waals surface area contributed by atoms with Crippen LogP contribution in [0.4, 0.5) is 0 Å². The molecule has 2 atom stereocenters. The minimum atomic E-state index is -0.249. The average molecular weight is 240 g/mol. The number of carbonyl (C=O) groups excluding carboxylic acids is 1. The zero-order chi connectivity index (χ0) is 12.6. The molecule has 2 fully saturated rings. The maximum absolute atomic E-state index is 12.2. The van der Waals surface area contributed by atoms with E-state index in [0.29, 0.717) is 12.5 Å². The van der Waals surface area contributed by atoms with E-state index in [1.165, 1.54) is 0 Å². The average Bonchev–Trinajstić information content (AvgIpc) is 3.01. The van der Waals surface area contributed by atoms with Gasteiger partial charge in [0.1, 0.15) is 0 Å². The lowest BCUT2D eigenvalue weighted by molar-refractivity contribution is -0.133. The van der Waals surface area contributed by atoms with E-state index in [4.69, 9.17) is 0 Å². The van der Waals surface area contributed by atoms with Gasteiger partial charge in [-0.2, -0.15) is 0 Å². The van der Waals surface area contributed by atoms with Crippen molar-refractivity contribution < 1.29 is 9.90 Å². The number of amides is 1. The SMILES string of the molecule is CC(C)N1CCC(N(C)CC(O)C2CC2)C1=O. The van der Waals surface area contributed by atoms with Crippen LogP contribution in [0.5, 0.6) is 0 Å². The van der Waals surface area contributed by atoms with E-state index in [2.05, 4.69) is 13.8 Å². The van der Waals surface area contributed by atoms with E-state index in [9.17, 15) is 9.90 Å². The molecule has 1 N–H and O–H groups in total. The van der Waals surface area contributed by atoms with E-state index >= 15 is 0 Å². The fraction of sp³-hybridized carbons (Fsp3) is 0.923. The van der Waals surface area contributed by atoms with Crippen molar-refractivity contribution in [1.29, 1.82) is 0 Å². The van der Waals surface area contributed by atoms with E-state index in [1.54, 1.807) is 0 Å². The lowest BCUT2D eigenvalue weighted by atomic mass is 10.1. The van der Waals surface area contributed by atoms with Crippen LogP contribution in [0.3, 0.4) is 0 Å². The molecule has 0 bridgehead atoms. The molecular weight excluding hydrogens is 216 g/mol. The molecule has 0 aromatic carbocycles. The monoisotopic (exact) mass is 240 g/mol. The van der Waals surface area contributed by atoms with Crippen LogP contribution in [0.1, 0.15) is 33.1 Å². The van der Waals surface area contributed by atoms with Gasteiger partial charge in [-0.15, -0.1) is 0 Å². The molecule has 17 heavy (non-hydrogen) atoms. The van der Waals surface area contributed by atoms with Crippen molar-refractivity contribution in [3.63, 3.8) is 0 Å². The standard InChI is InChI=1S/C13H24N2O2/c1-9(2)15-7-6-11(13(15)17)14(3)8-12(16)10-4-5-10/h9-12,16H,4-8H2,1-3H3. The highest BCUT2D eigenvalue weighted by molar-refractivity contribution is 5.84. The van der Waals surface area contributed by atoms with Gasteiger partial charge in [-0.25, -0.2) is 0 Å². The number of likely N-dealkylation sites (N-methyl/N-ethyl adjacent to an activating group) is 1. The Bertz CT molecular complexity index is 289. The summed E-state index contributed by atoms with van der Waals surface area (Å²) in [6, 6.07) is 0.264. The van der Waals surface area contributed by atoms with Gasteiger partial charge < -0.3 is 10.0 Å². The number of hydrogen-bond acceptors (Lipinski definition) is 3. The van der Waals surface area contributed by atoms with Gasteiger partial charge in [-0.05, 0) is 46.1 Å². The Hall–Kier alpha value is -0.610. The molecule has 1 saturated heterocycles. The highest BCUT2D eigenvalue weighted by Crippen LogP contribution is 2.33. The van der Waals surface area contributed by atoms with Gasteiger partial charge >= 0.3 is 0 Å². The number of hydrogen-bond donors (Lipinski definition) is 1. The molecule has 98 valence electrons. The summed E-state index contributed by atoms with van der Waals surface area (Å²) >= 11 is 0. The van der Waals surface area contributed by atoms with Crippen molar-refractivity contribution in [3.8, 4) is 0 Å². The molecular formula is C13H24N2O2. The Balaban J connectivity index is 1.87. The fourth-order valence-corrected chi connectivity index (χ4v) is 2.66. The molecule has 1 amide bonds. The third kappa shape index (κ3) is 2.80. The second-order valence-electron chi connectivity index (χ2n) is 5.77.